The van der Waals surface area contributed by atoms with E-state index in [0.717, 1.165) is 4.47 Å². The summed E-state index contributed by atoms with van der Waals surface area (Å²) in [5.74, 6) is -0.629. The van der Waals surface area contributed by atoms with Gasteiger partial charge in [-0.15, -0.1) is 0 Å². The summed E-state index contributed by atoms with van der Waals surface area (Å²) in [5, 5.41) is 8.89. The molecule has 0 bridgehead atoms. The average Bonchev–Trinajstić information content (AvgIpc) is 2.18. The third-order valence-electron chi connectivity index (χ3n) is 1.78. The number of hydrogen-bond acceptors (Lipinski definition) is 3. The first kappa shape index (κ1) is 12.0. The predicted molar refractivity (Wildman–Crippen MR) is 60.3 cm³/mol. The van der Waals surface area contributed by atoms with Crippen molar-refractivity contribution in [1.82, 2.24) is 0 Å². The van der Waals surface area contributed by atoms with Gasteiger partial charge in [-0.1, -0.05) is 15.9 Å². The maximum Gasteiger partial charge on any atom is 0.339 e. The van der Waals surface area contributed by atoms with Gasteiger partial charge in [0.1, 0.15) is 11.3 Å². The molecular weight excluding hydrogens is 262 g/mol. The van der Waals surface area contributed by atoms with Gasteiger partial charge in [-0.25, -0.2) is 4.79 Å². The predicted octanol–water partition coefficient (Wildman–Crippen LogP) is 1.87. The summed E-state index contributed by atoms with van der Waals surface area (Å²) >= 11 is 3.26. The van der Waals surface area contributed by atoms with Crippen molar-refractivity contribution in [3.05, 3.63) is 28.2 Å². The molecule has 1 aromatic rings. The smallest absolute Gasteiger partial charge is 0.339 e. The number of hydrogen-bond donors (Lipinski definition) is 2. The zero-order chi connectivity index (χ0) is 11.3. The van der Waals surface area contributed by atoms with Crippen LogP contribution in [-0.4, -0.2) is 24.2 Å². The first-order valence-corrected chi connectivity index (χ1v) is 5.30. The van der Waals surface area contributed by atoms with Crippen molar-refractivity contribution < 1.29 is 14.6 Å². The SMILES string of the molecule is NCCCOc1cc(Br)ccc1C(=O)O. The summed E-state index contributed by atoms with van der Waals surface area (Å²) in [6, 6.07) is 4.81. The normalized spacial score (nSPS) is 10.0. The Morgan fingerprint density at radius 2 is 2.27 bits per heavy atom. The van der Waals surface area contributed by atoms with Gasteiger partial charge >= 0.3 is 5.97 Å². The first-order chi connectivity index (χ1) is 7.15. The molecular formula is C10H12BrNO3. The molecule has 0 atom stereocenters. The molecule has 5 heteroatoms. The fourth-order valence-corrected chi connectivity index (χ4v) is 1.40. The van der Waals surface area contributed by atoms with Crippen LogP contribution in [0.5, 0.6) is 5.75 Å². The van der Waals surface area contributed by atoms with Crippen molar-refractivity contribution >= 4 is 21.9 Å². The molecule has 0 spiro atoms. The fourth-order valence-electron chi connectivity index (χ4n) is 1.06. The molecule has 82 valence electrons. The Morgan fingerprint density at radius 3 is 2.87 bits per heavy atom. The third kappa shape index (κ3) is 3.53. The largest absolute Gasteiger partial charge is 0.493 e. The molecule has 4 nitrogen and oxygen atoms in total. The zero-order valence-corrected chi connectivity index (χ0v) is 9.66. The minimum atomic E-state index is -0.995. The molecule has 0 aromatic heterocycles. The van der Waals surface area contributed by atoms with Crippen LogP contribution >= 0.6 is 15.9 Å². The van der Waals surface area contributed by atoms with Crippen LogP contribution in [0.1, 0.15) is 16.8 Å². The second kappa shape index (κ2) is 5.72. The van der Waals surface area contributed by atoms with E-state index in [1.54, 1.807) is 12.1 Å². The van der Waals surface area contributed by atoms with Crippen LogP contribution in [-0.2, 0) is 0 Å². The molecule has 0 aliphatic carbocycles. The van der Waals surface area contributed by atoms with Gasteiger partial charge in [0.2, 0.25) is 0 Å². The number of benzene rings is 1. The lowest BCUT2D eigenvalue weighted by Gasteiger charge is -2.08. The van der Waals surface area contributed by atoms with Gasteiger partial charge in [-0.2, -0.15) is 0 Å². The lowest BCUT2D eigenvalue weighted by atomic mass is 10.2. The number of nitrogens with two attached hydrogens (primary N) is 1. The van der Waals surface area contributed by atoms with E-state index >= 15 is 0 Å². The van der Waals surface area contributed by atoms with E-state index in [0.29, 0.717) is 25.3 Å². The molecule has 1 rings (SSSR count). The standard InChI is InChI=1S/C10H12BrNO3/c11-7-2-3-8(10(13)14)9(6-7)15-5-1-4-12/h2-3,6H,1,4-5,12H2,(H,13,14). The highest BCUT2D eigenvalue weighted by Gasteiger charge is 2.11. The molecule has 0 fully saturated rings. The van der Waals surface area contributed by atoms with Gasteiger partial charge in [-0.3, -0.25) is 0 Å². The van der Waals surface area contributed by atoms with Crippen molar-refractivity contribution in [2.45, 2.75) is 6.42 Å². The summed E-state index contributed by atoms with van der Waals surface area (Å²) in [5.41, 5.74) is 5.48. The molecule has 0 aliphatic rings. The minimum absolute atomic E-state index is 0.162. The molecule has 15 heavy (non-hydrogen) atoms. The van der Waals surface area contributed by atoms with E-state index in [1.165, 1.54) is 6.07 Å². The van der Waals surface area contributed by atoms with Gasteiger partial charge in [0.25, 0.3) is 0 Å². The monoisotopic (exact) mass is 273 g/mol. The molecule has 1 aromatic carbocycles. The van der Waals surface area contributed by atoms with Gasteiger partial charge in [-0.05, 0) is 31.2 Å². The molecule has 0 unspecified atom stereocenters. The Kier molecular flexibility index (Phi) is 4.58. The Labute approximate surface area is 96.2 Å². The summed E-state index contributed by atoms with van der Waals surface area (Å²) in [7, 11) is 0. The van der Waals surface area contributed by atoms with Crippen molar-refractivity contribution in [3.8, 4) is 5.75 Å². The second-order valence-corrected chi connectivity index (χ2v) is 3.85. The van der Waals surface area contributed by atoms with Gasteiger partial charge in [0.15, 0.2) is 0 Å². The Morgan fingerprint density at radius 1 is 1.53 bits per heavy atom. The highest BCUT2D eigenvalue weighted by atomic mass is 79.9. The molecule has 0 saturated heterocycles. The van der Waals surface area contributed by atoms with Crippen molar-refractivity contribution in [2.75, 3.05) is 13.2 Å². The topological polar surface area (TPSA) is 72.5 Å². The highest BCUT2D eigenvalue weighted by molar-refractivity contribution is 9.10. The van der Waals surface area contributed by atoms with E-state index in [2.05, 4.69) is 15.9 Å². The van der Waals surface area contributed by atoms with E-state index in [4.69, 9.17) is 15.6 Å². The van der Waals surface area contributed by atoms with Crippen LogP contribution in [0.4, 0.5) is 0 Å². The lowest BCUT2D eigenvalue weighted by Crippen LogP contribution is -2.08. The van der Waals surface area contributed by atoms with Crippen LogP contribution < -0.4 is 10.5 Å². The van der Waals surface area contributed by atoms with Gasteiger partial charge < -0.3 is 15.6 Å². The van der Waals surface area contributed by atoms with Gasteiger partial charge in [0.05, 0.1) is 6.61 Å². The molecule has 0 amide bonds. The van der Waals surface area contributed by atoms with E-state index in [-0.39, 0.29) is 5.56 Å². The van der Waals surface area contributed by atoms with Crippen LogP contribution in [0.3, 0.4) is 0 Å². The van der Waals surface area contributed by atoms with Crippen LogP contribution in [0.2, 0.25) is 0 Å². The summed E-state index contributed by atoms with van der Waals surface area (Å²) in [6.07, 6.45) is 0.700. The molecule has 0 heterocycles. The van der Waals surface area contributed by atoms with Crippen LogP contribution in [0.15, 0.2) is 22.7 Å². The van der Waals surface area contributed by atoms with Gasteiger partial charge in [0, 0.05) is 4.47 Å². The lowest BCUT2D eigenvalue weighted by molar-refractivity contribution is 0.0692. The first-order valence-electron chi connectivity index (χ1n) is 4.51. The number of carbonyl (C=O) groups is 1. The Hall–Kier alpha value is -1.07. The number of carboxylic acids is 1. The van der Waals surface area contributed by atoms with E-state index in [1.807, 2.05) is 0 Å². The van der Waals surface area contributed by atoms with Crippen LogP contribution in [0, 0.1) is 0 Å². The zero-order valence-electron chi connectivity index (χ0n) is 8.07. The molecule has 0 radical (unpaired) electrons. The highest BCUT2D eigenvalue weighted by Crippen LogP contribution is 2.23. The summed E-state index contributed by atoms with van der Waals surface area (Å²) in [6.45, 7) is 0.948. The third-order valence-corrected chi connectivity index (χ3v) is 2.27. The van der Waals surface area contributed by atoms with Crippen molar-refractivity contribution in [1.29, 1.82) is 0 Å². The fraction of sp³-hybridized carbons (Fsp3) is 0.300. The van der Waals surface area contributed by atoms with E-state index in [9.17, 15) is 4.79 Å². The summed E-state index contributed by atoms with van der Waals surface area (Å²) in [4.78, 5) is 10.8. The Balaban J connectivity index is 2.82. The maximum absolute atomic E-state index is 10.8. The van der Waals surface area contributed by atoms with E-state index < -0.39 is 5.97 Å². The number of ether oxygens (including phenoxy) is 1. The second-order valence-electron chi connectivity index (χ2n) is 2.94. The molecule has 0 saturated carbocycles. The number of carboxylic acid groups (broad SMARTS) is 1. The summed E-state index contributed by atoms with van der Waals surface area (Å²) < 4.78 is 6.12. The maximum atomic E-state index is 10.8. The average molecular weight is 274 g/mol. The number of aromatic carboxylic acids is 1. The molecule has 3 N–H and O–H groups in total. The minimum Gasteiger partial charge on any atom is -0.493 e. The molecule has 0 aliphatic heterocycles. The quantitative estimate of drug-likeness (QED) is 0.804. The van der Waals surface area contributed by atoms with Crippen molar-refractivity contribution in [3.63, 3.8) is 0 Å². The van der Waals surface area contributed by atoms with Crippen molar-refractivity contribution in [2.24, 2.45) is 5.73 Å². The Bertz CT molecular complexity index is 355. The number of halogens is 1. The van der Waals surface area contributed by atoms with Crippen LogP contribution in [0.25, 0.3) is 0 Å². The number of rotatable bonds is 5.